The van der Waals surface area contributed by atoms with Gasteiger partial charge in [-0.2, -0.15) is 0 Å². The van der Waals surface area contributed by atoms with Crippen LogP contribution in [0.2, 0.25) is 0 Å². The molecule has 0 radical (unpaired) electrons. The van der Waals surface area contributed by atoms with Crippen LogP contribution in [0.1, 0.15) is 19.4 Å². The van der Waals surface area contributed by atoms with Crippen molar-refractivity contribution in [2.45, 2.75) is 32.9 Å². The predicted molar refractivity (Wildman–Crippen MR) is 71.0 cm³/mol. The number of benzene rings is 1. The van der Waals surface area contributed by atoms with Crippen molar-refractivity contribution in [1.82, 2.24) is 9.55 Å². The van der Waals surface area contributed by atoms with E-state index in [0.717, 1.165) is 12.0 Å². The maximum absolute atomic E-state index is 13.1. The first-order valence-corrected chi connectivity index (χ1v) is 6.27. The van der Waals surface area contributed by atoms with Crippen LogP contribution < -0.4 is 5.32 Å². The molecule has 0 spiro atoms. The van der Waals surface area contributed by atoms with Crippen LogP contribution in [0.3, 0.4) is 0 Å². The van der Waals surface area contributed by atoms with E-state index in [-0.39, 0.29) is 6.04 Å². The van der Waals surface area contributed by atoms with Crippen molar-refractivity contribution in [1.29, 1.82) is 0 Å². The zero-order chi connectivity index (χ0) is 13.8. The summed E-state index contributed by atoms with van der Waals surface area (Å²) in [7, 11) is 0. The Morgan fingerprint density at radius 2 is 1.89 bits per heavy atom. The number of hydrogen-bond acceptors (Lipinski definition) is 2. The molecule has 0 saturated carbocycles. The molecular weight excluding hydrogens is 248 g/mol. The van der Waals surface area contributed by atoms with Gasteiger partial charge in [-0.1, -0.05) is 0 Å². The Labute approximate surface area is 111 Å². The summed E-state index contributed by atoms with van der Waals surface area (Å²) >= 11 is 0. The molecule has 1 N–H and O–H groups in total. The van der Waals surface area contributed by atoms with Gasteiger partial charge in [-0.05, 0) is 38.0 Å². The van der Waals surface area contributed by atoms with E-state index in [1.54, 1.807) is 6.20 Å². The Kier molecular flexibility index (Phi) is 4.14. The Morgan fingerprint density at radius 1 is 1.21 bits per heavy atom. The summed E-state index contributed by atoms with van der Waals surface area (Å²) in [6.07, 6.45) is 4.11. The van der Waals surface area contributed by atoms with E-state index in [1.807, 2.05) is 24.6 Å². The van der Waals surface area contributed by atoms with E-state index in [4.69, 9.17) is 0 Å². The van der Waals surface area contributed by atoms with Gasteiger partial charge in [0, 0.05) is 31.0 Å². The average molecular weight is 265 g/mol. The van der Waals surface area contributed by atoms with E-state index in [1.165, 1.54) is 12.1 Å². The summed E-state index contributed by atoms with van der Waals surface area (Å²) in [6, 6.07) is 3.88. The minimum absolute atomic E-state index is 0.285. The third-order valence-corrected chi connectivity index (χ3v) is 2.70. The van der Waals surface area contributed by atoms with Crippen LogP contribution in [-0.2, 0) is 13.0 Å². The Morgan fingerprint density at radius 3 is 2.53 bits per heavy atom. The third-order valence-electron chi connectivity index (χ3n) is 2.70. The van der Waals surface area contributed by atoms with Gasteiger partial charge in [0.2, 0.25) is 5.95 Å². The smallest absolute Gasteiger partial charge is 0.202 e. The van der Waals surface area contributed by atoms with E-state index < -0.39 is 11.6 Å². The molecule has 1 aromatic heterocycles. The molecule has 0 fully saturated rings. The summed E-state index contributed by atoms with van der Waals surface area (Å²) < 4.78 is 28.1. The molecule has 5 heteroatoms. The van der Waals surface area contributed by atoms with E-state index >= 15 is 0 Å². The summed E-state index contributed by atoms with van der Waals surface area (Å²) in [5.41, 5.74) is 0.640. The lowest BCUT2D eigenvalue weighted by Gasteiger charge is -2.12. The van der Waals surface area contributed by atoms with E-state index in [9.17, 15) is 8.78 Å². The molecule has 1 aromatic carbocycles. The second-order valence-electron chi connectivity index (χ2n) is 4.77. The highest BCUT2D eigenvalue weighted by Gasteiger charge is 2.05. The molecule has 102 valence electrons. The van der Waals surface area contributed by atoms with Gasteiger partial charge in [0.25, 0.3) is 0 Å². The van der Waals surface area contributed by atoms with Crippen molar-refractivity contribution in [3.8, 4) is 0 Å². The number of imidazole rings is 1. The summed E-state index contributed by atoms with van der Waals surface area (Å²) in [5.74, 6) is -0.311. The molecule has 0 aliphatic carbocycles. The van der Waals surface area contributed by atoms with Gasteiger partial charge < -0.3 is 9.88 Å². The highest BCUT2D eigenvalue weighted by atomic mass is 19.1. The highest BCUT2D eigenvalue weighted by molar-refractivity contribution is 5.27. The van der Waals surface area contributed by atoms with Gasteiger partial charge in [0.15, 0.2) is 0 Å². The normalized spacial score (nSPS) is 11.0. The number of halogens is 2. The average Bonchev–Trinajstić information content (AvgIpc) is 2.71. The Bertz CT molecular complexity index is 529. The maximum atomic E-state index is 13.1. The largest absolute Gasteiger partial charge is 0.353 e. The van der Waals surface area contributed by atoms with Crippen LogP contribution in [0.4, 0.5) is 14.7 Å². The van der Waals surface area contributed by atoms with Gasteiger partial charge >= 0.3 is 0 Å². The SMILES string of the molecule is CC(C)Nc1nccn1CCc1cc(F)cc(F)c1. The fourth-order valence-electron chi connectivity index (χ4n) is 1.89. The molecule has 0 amide bonds. The molecular formula is C14H17F2N3. The molecule has 1 heterocycles. The quantitative estimate of drug-likeness (QED) is 0.899. The monoisotopic (exact) mass is 265 g/mol. The van der Waals surface area contributed by atoms with Gasteiger partial charge in [0.05, 0.1) is 0 Å². The first-order chi connectivity index (χ1) is 9.04. The Balaban J connectivity index is 2.04. The van der Waals surface area contributed by atoms with Crippen molar-refractivity contribution in [3.05, 3.63) is 47.8 Å². The summed E-state index contributed by atoms with van der Waals surface area (Å²) in [5, 5.41) is 3.22. The molecule has 0 aliphatic rings. The zero-order valence-corrected chi connectivity index (χ0v) is 11.0. The van der Waals surface area contributed by atoms with Crippen LogP contribution >= 0.6 is 0 Å². The first kappa shape index (κ1) is 13.5. The van der Waals surface area contributed by atoms with Crippen molar-refractivity contribution < 1.29 is 8.78 Å². The molecule has 0 bridgehead atoms. The van der Waals surface area contributed by atoms with Crippen LogP contribution in [0.25, 0.3) is 0 Å². The molecule has 2 aromatic rings. The molecule has 0 saturated heterocycles. The van der Waals surface area contributed by atoms with Crippen LogP contribution in [0, 0.1) is 11.6 Å². The van der Waals surface area contributed by atoms with E-state index in [2.05, 4.69) is 10.3 Å². The van der Waals surface area contributed by atoms with Crippen molar-refractivity contribution in [2.75, 3.05) is 5.32 Å². The molecule has 0 aliphatic heterocycles. The van der Waals surface area contributed by atoms with Crippen molar-refractivity contribution in [2.24, 2.45) is 0 Å². The lowest BCUT2D eigenvalue weighted by molar-refractivity contribution is 0.576. The summed E-state index contributed by atoms with van der Waals surface area (Å²) in [4.78, 5) is 4.21. The molecule has 3 nitrogen and oxygen atoms in total. The third kappa shape index (κ3) is 3.77. The lowest BCUT2D eigenvalue weighted by atomic mass is 10.1. The van der Waals surface area contributed by atoms with Gasteiger partial charge in [-0.25, -0.2) is 13.8 Å². The molecule has 2 rings (SSSR count). The second kappa shape index (κ2) is 5.82. The number of nitrogens with one attached hydrogen (secondary N) is 1. The first-order valence-electron chi connectivity index (χ1n) is 6.27. The van der Waals surface area contributed by atoms with Crippen molar-refractivity contribution in [3.63, 3.8) is 0 Å². The number of anilines is 1. The van der Waals surface area contributed by atoms with Gasteiger partial charge in [0.1, 0.15) is 11.6 Å². The molecule has 0 atom stereocenters. The summed E-state index contributed by atoms with van der Waals surface area (Å²) in [6.45, 7) is 4.68. The zero-order valence-electron chi connectivity index (χ0n) is 11.0. The number of aryl methyl sites for hydroxylation is 2. The molecule has 0 unspecified atom stereocenters. The number of nitrogens with zero attached hydrogens (tertiary/aromatic N) is 2. The number of aromatic nitrogens is 2. The standard InChI is InChI=1S/C14H17F2N3/c1-10(2)18-14-17-4-6-19(14)5-3-11-7-12(15)9-13(16)8-11/h4,6-10H,3,5H2,1-2H3,(H,17,18). The fourth-order valence-corrected chi connectivity index (χ4v) is 1.89. The molecule has 19 heavy (non-hydrogen) atoms. The maximum Gasteiger partial charge on any atom is 0.202 e. The van der Waals surface area contributed by atoms with Crippen molar-refractivity contribution >= 4 is 5.95 Å². The van der Waals surface area contributed by atoms with Crippen LogP contribution in [-0.4, -0.2) is 15.6 Å². The number of hydrogen-bond donors (Lipinski definition) is 1. The number of rotatable bonds is 5. The highest BCUT2D eigenvalue weighted by Crippen LogP contribution is 2.12. The van der Waals surface area contributed by atoms with Crippen LogP contribution in [0.15, 0.2) is 30.6 Å². The Hall–Kier alpha value is -1.91. The minimum atomic E-state index is -0.541. The lowest BCUT2D eigenvalue weighted by Crippen LogP contribution is -2.15. The minimum Gasteiger partial charge on any atom is -0.353 e. The van der Waals surface area contributed by atoms with Gasteiger partial charge in [-0.3, -0.25) is 0 Å². The van der Waals surface area contributed by atoms with Crippen LogP contribution in [0.5, 0.6) is 0 Å². The second-order valence-corrected chi connectivity index (χ2v) is 4.77. The topological polar surface area (TPSA) is 29.9 Å². The van der Waals surface area contributed by atoms with Gasteiger partial charge in [-0.15, -0.1) is 0 Å². The van der Waals surface area contributed by atoms with E-state index in [0.29, 0.717) is 18.5 Å². The predicted octanol–water partition coefficient (Wildman–Crippen LogP) is 3.22. The fraction of sp³-hybridized carbons (Fsp3) is 0.357.